The van der Waals surface area contributed by atoms with E-state index >= 15 is 0 Å². The molecule has 0 aliphatic carbocycles. The summed E-state index contributed by atoms with van der Waals surface area (Å²) in [5, 5.41) is 7.23. The minimum atomic E-state index is -0.411. The van der Waals surface area contributed by atoms with E-state index in [-0.39, 0.29) is 6.04 Å². The first-order valence-corrected chi connectivity index (χ1v) is 10.2. The van der Waals surface area contributed by atoms with Crippen LogP contribution in [0.1, 0.15) is 23.2 Å². The first kappa shape index (κ1) is 20.7. The number of benzene rings is 2. The van der Waals surface area contributed by atoms with E-state index in [1.165, 1.54) is 16.8 Å². The Morgan fingerprint density at radius 3 is 2.33 bits per heavy atom. The van der Waals surface area contributed by atoms with E-state index in [4.69, 9.17) is 5.73 Å². The summed E-state index contributed by atoms with van der Waals surface area (Å²) < 4.78 is 23.8. The summed E-state index contributed by atoms with van der Waals surface area (Å²) in [6.07, 6.45) is 3.04. The second kappa shape index (κ2) is 9.47. The summed E-state index contributed by atoms with van der Waals surface area (Å²) in [4.78, 5) is 5.04. The molecule has 2 aliphatic rings. The molecule has 0 radical (unpaired) electrons. The van der Waals surface area contributed by atoms with Crippen molar-refractivity contribution in [3.05, 3.63) is 89.2 Å². The van der Waals surface area contributed by atoms with Crippen LogP contribution in [-0.2, 0) is 19.6 Å². The molecular weight excluding hydrogens is 384 g/mol. The maximum atomic E-state index is 11.9. The number of aromatic nitrogens is 2. The molecule has 0 spiro atoms. The molecule has 7 heteroatoms. The molecule has 2 atom stereocenters. The third-order valence-corrected chi connectivity index (χ3v) is 5.65. The van der Waals surface area contributed by atoms with Crippen molar-refractivity contribution in [3.8, 4) is 0 Å². The molecule has 1 saturated heterocycles. The van der Waals surface area contributed by atoms with Gasteiger partial charge in [-0.1, -0.05) is 30.3 Å². The number of nitrogens with zero attached hydrogens (tertiary/aromatic N) is 3. The number of hydrogen-bond donors (Lipinski definition) is 2. The number of likely N-dealkylation sites (tertiary alicyclic amines) is 1. The lowest BCUT2D eigenvalue weighted by atomic mass is 9.99. The van der Waals surface area contributed by atoms with Crippen LogP contribution >= 0.6 is 0 Å². The number of hydrogen-bond acceptors (Lipinski definition) is 4. The lowest BCUT2D eigenvalue weighted by Gasteiger charge is -2.40. The van der Waals surface area contributed by atoms with Crippen LogP contribution in [0.5, 0.6) is 0 Å². The molecule has 2 aromatic carbocycles. The van der Waals surface area contributed by atoms with E-state index in [2.05, 4.69) is 50.3 Å². The summed E-state index contributed by atoms with van der Waals surface area (Å²) in [5.74, 6) is -0.821. The highest BCUT2D eigenvalue weighted by Gasteiger charge is 2.33. The fourth-order valence-electron chi connectivity index (χ4n) is 4.21. The summed E-state index contributed by atoms with van der Waals surface area (Å²) >= 11 is 0. The number of H-pyrrole nitrogens is 1. The SMILES string of the molecule is Fc1ccc(F)cc1.N[C@H]1C[C@@H](N2Cc3cn[nH]c3C2)CN(Cc2ccccc2)C1. The van der Waals surface area contributed by atoms with Crippen LogP contribution in [0.15, 0.2) is 60.8 Å². The van der Waals surface area contributed by atoms with Crippen LogP contribution in [0.25, 0.3) is 0 Å². The van der Waals surface area contributed by atoms with Gasteiger partial charge in [0.05, 0.1) is 11.9 Å². The summed E-state index contributed by atoms with van der Waals surface area (Å²) in [5.41, 5.74) is 10.3. The van der Waals surface area contributed by atoms with Crippen molar-refractivity contribution in [3.63, 3.8) is 0 Å². The monoisotopic (exact) mass is 411 g/mol. The Hall–Kier alpha value is -2.61. The lowest BCUT2D eigenvalue weighted by Crippen LogP contribution is -2.53. The number of halogens is 2. The van der Waals surface area contributed by atoms with Crippen LogP contribution in [0, 0.1) is 11.6 Å². The molecule has 3 heterocycles. The van der Waals surface area contributed by atoms with Gasteiger partial charge in [0, 0.05) is 50.4 Å². The number of nitrogens with two attached hydrogens (primary N) is 1. The Kier molecular flexibility index (Phi) is 6.52. The number of rotatable bonds is 3. The predicted octanol–water partition coefficient (Wildman–Crippen LogP) is 3.29. The van der Waals surface area contributed by atoms with Gasteiger partial charge in [0.15, 0.2) is 0 Å². The largest absolute Gasteiger partial charge is 0.326 e. The first-order valence-electron chi connectivity index (χ1n) is 10.2. The van der Waals surface area contributed by atoms with Gasteiger partial charge in [0.25, 0.3) is 0 Å². The van der Waals surface area contributed by atoms with Gasteiger partial charge >= 0.3 is 0 Å². The maximum Gasteiger partial charge on any atom is 0.123 e. The molecule has 5 rings (SSSR count). The van der Waals surface area contributed by atoms with Crippen LogP contribution in [0.4, 0.5) is 8.78 Å². The van der Waals surface area contributed by atoms with E-state index in [1.807, 2.05) is 6.20 Å². The molecule has 1 fully saturated rings. The van der Waals surface area contributed by atoms with Gasteiger partial charge in [-0.2, -0.15) is 5.10 Å². The lowest BCUT2D eigenvalue weighted by molar-refractivity contribution is 0.0800. The van der Waals surface area contributed by atoms with Crippen LogP contribution < -0.4 is 5.73 Å². The van der Waals surface area contributed by atoms with Crippen LogP contribution in [0.3, 0.4) is 0 Å². The highest BCUT2D eigenvalue weighted by molar-refractivity contribution is 5.21. The Balaban J connectivity index is 0.000000230. The third-order valence-electron chi connectivity index (χ3n) is 5.65. The summed E-state index contributed by atoms with van der Waals surface area (Å²) in [7, 11) is 0. The highest BCUT2D eigenvalue weighted by atomic mass is 19.1. The van der Waals surface area contributed by atoms with Crippen molar-refractivity contribution in [1.29, 1.82) is 0 Å². The van der Waals surface area contributed by atoms with Crippen molar-refractivity contribution in [2.75, 3.05) is 13.1 Å². The quantitative estimate of drug-likeness (QED) is 0.694. The molecule has 0 unspecified atom stereocenters. The van der Waals surface area contributed by atoms with Gasteiger partial charge in [-0.15, -0.1) is 0 Å². The van der Waals surface area contributed by atoms with E-state index in [0.29, 0.717) is 6.04 Å². The van der Waals surface area contributed by atoms with E-state index in [9.17, 15) is 8.78 Å². The second-order valence-electron chi connectivity index (χ2n) is 8.04. The molecule has 0 amide bonds. The standard InChI is InChI=1S/C17H23N5.C6H4F2/c18-15-6-16(22-9-14-7-19-20-17(14)12-22)11-21(10-15)8-13-4-2-1-3-5-13;7-5-1-2-6(8)4-3-5/h1-5,7,15-16H,6,8-12,18H2,(H,19,20);1-4H/t15-,16+;/m0./s1. The van der Waals surface area contributed by atoms with Crippen LogP contribution in [0.2, 0.25) is 0 Å². The van der Waals surface area contributed by atoms with Crippen molar-refractivity contribution >= 4 is 0 Å². The molecule has 3 N–H and O–H groups in total. The molecule has 3 aromatic rings. The minimum Gasteiger partial charge on any atom is -0.326 e. The zero-order valence-electron chi connectivity index (χ0n) is 16.8. The van der Waals surface area contributed by atoms with Gasteiger partial charge in [0.2, 0.25) is 0 Å². The number of nitrogens with one attached hydrogen (secondary N) is 1. The Morgan fingerprint density at radius 2 is 1.67 bits per heavy atom. The van der Waals surface area contributed by atoms with Gasteiger partial charge in [-0.25, -0.2) is 8.78 Å². The first-order chi connectivity index (χ1) is 14.6. The molecule has 0 saturated carbocycles. The molecule has 2 aliphatic heterocycles. The molecular formula is C23H27F2N5. The van der Waals surface area contributed by atoms with Gasteiger partial charge in [-0.3, -0.25) is 14.9 Å². The van der Waals surface area contributed by atoms with Crippen molar-refractivity contribution < 1.29 is 8.78 Å². The molecule has 5 nitrogen and oxygen atoms in total. The average Bonchev–Trinajstić information content (AvgIpc) is 3.33. The third kappa shape index (κ3) is 5.30. The minimum absolute atomic E-state index is 0.263. The van der Waals surface area contributed by atoms with Crippen molar-refractivity contribution in [2.45, 2.75) is 38.1 Å². The second-order valence-corrected chi connectivity index (χ2v) is 8.04. The highest BCUT2D eigenvalue weighted by Crippen LogP contribution is 2.26. The normalized spacial score (nSPS) is 21.7. The molecule has 30 heavy (non-hydrogen) atoms. The van der Waals surface area contributed by atoms with Gasteiger partial charge in [0.1, 0.15) is 11.6 Å². The van der Waals surface area contributed by atoms with Crippen LogP contribution in [-0.4, -0.2) is 45.2 Å². The van der Waals surface area contributed by atoms with E-state index in [0.717, 1.165) is 63.4 Å². The van der Waals surface area contributed by atoms with E-state index < -0.39 is 11.6 Å². The molecule has 1 aromatic heterocycles. The fraction of sp³-hybridized carbons (Fsp3) is 0.348. The van der Waals surface area contributed by atoms with Crippen molar-refractivity contribution in [2.24, 2.45) is 5.73 Å². The molecule has 158 valence electrons. The van der Waals surface area contributed by atoms with Crippen molar-refractivity contribution in [1.82, 2.24) is 20.0 Å². The van der Waals surface area contributed by atoms with Gasteiger partial charge in [-0.05, 0) is 36.2 Å². The smallest absolute Gasteiger partial charge is 0.123 e. The number of fused-ring (bicyclic) bond motifs is 1. The zero-order chi connectivity index (χ0) is 20.9. The topological polar surface area (TPSA) is 61.2 Å². The van der Waals surface area contributed by atoms with Gasteiger partial charge < -0.3 is 5.73 Å². The summed E-state index contributed by atoms with van der Waals surface area (Å²) in [6.45, 7) is 5.06. The maximum absolute atomic E-state index is 11.9. The Bertz CT molecular complexity index is 887. The summed E-state index contributed by atoms with van der Waals surface area (Å²) in [6, 6.07) is 15.8. The number of aromatic amines is 1. The van der Waals surface area contributed by atoms with E-state index in [1.54, 1.807) is 0 Å². The fourth-order valence-corrected chi connectivity index (χ4v) is 4.21. The predicted molar refractivity (Wildman–Crippen MR) is 112 cm³/mol. The molecule has 0 bridgehead atoms. The Morgan fingerprint density at radius 1 is 0.967 bits per heavy atom. The Labute approximate surface area is 175 Å². The number of piperidine rings is 1. The zero-order valence-corrected chi connectivity index (χ0v) is 16.8. The average molecular weight is 412 g/mol.